The number of hydrogen-bond acceptors (Lipinski definition) is 3. The van der Waals surface area contributed by atoms with Gasteiger partial charge in [0, 0.05) is 29.7 Å². The molecule has 4 heteroatoms. The van der Waals surface area contributed by atoms with Crippen LogP contribution >= 0.6 is 0 Å². The molecule has 0 radical (unpaired) electrons. The Kier molecular flexibility index (Phi) is 1.32. The number of fused-ring (bicyclic) bond motifs is 1. The molecule has 0 spiro atoms. The normalized spacial score (nSPS) is 18.7. The van der Waals surface area contributed by atoms with Gasteiger partial charge in [-0.05, 0) is 19.8 Å². The third kappa shape index (κ3) is 1.04. The van der Waals surface area contributed by atoms with Crippen LogP contribution in [0.5, 0.6) is 0 Å². The first-order valence-electron chi connectivity index (χ1n) is 4.78. The molecular formula is C10H12N4. The Balaban J connectivity index is 2.19. The van der Waals surface area contributed by atoms with Crippen LogP contribution in [0.4, 0.5) is 0 Å². The Labute approximate surface area is 81.8 Å². The number of nitrogens with two attached hydrogens (primary N) is 1. The number of rotatable bonds is 1. The first-order valence-corrected chi connectivity index (χ1v) is 4.78. The van der Waals surface area contributed by atoms with Crippen molar-refractivity contribution in [2.24, 2.45) is 5.73 Å². The maximum Gasteiger partial charge on any atom is 0.233 e. The molecule has 4 nitrogen and oxygen atoms in total. The van der Waals surface area contributed by atoms with Crippen molar-refractivity contribution in [1.29, 1.82) is 0 Å². The van der Waals surface area contributed by atoms with Gasteiger partial charge in [0.2, 0.25) is 5.78 Å². The molecule has 2 N–H and O–H groups in total. The predicted molar refractivity (Wildman–Crippen MR) is 52.8 cm³/mol. The second kappa shape index (κ2) is 2.33. The Bertz CT molecular complexity index is 496. The molecule has 0 amide bonds. The average Bonchev–Trinajstić information content (AvgIpc) is 2.79. The monoisotopic (exact) mass is 188 g/mol. The van der Waals surface area contributed by atoms with Gasteiger partial charge in [0.15, 0.2) is 0 Å². The van der Waals surface area contributed by atoms with E-state index >= 15 is 0 Å². The summed E-state index contributed by atoms with van der Waals surface area (Å²) < 4.78 is 1.94. The highest BCUT2D eigenvalue weighted by Crippen LogP contribution is 2.42. The minimum Gasteiger partial charge on any atom is -0.321 e. The number of nitrogens with zero attached hydrogens (tertiary/aromatic N) is 3. The Morgan fingerprint density at radius 2 is 2.21 bits per heavy atom. The number of hydrogen-bond donors (Lipinski definition) is 1. The van der Waals surface area contributed by atoms with Crippen molar-refractivity contribution in [3.8, 4) is 0 Å². The van der Waals surface area contributed by atoms with E-state index in [1.165, 1.54) is 0 Å². The Morgan fingerprint density at radius 3 is 2.93 bits per heavy atom. The smallest absolute Gasteiger partial charge is 0.233 e. The predicted octanol–water partition coefficient (Wildman–Crippen LogP) is 0.986. The third-order valence-electron chi connectivity index (χ3n) is 2.79. The van der Waals surface area contributed by atoms with E-state index in [9.17, 15) is 0 Å². The molecule has 0 aliphatic heterocycles. The van der Waals surface area contributed by atoms with Gasteiger partial charge in [0.05, 0.1) is 5.69 Å². The fourth-order valence-electron chi connectivity index (χ4n) is 1.68. The molecule has 2 aromatic rings. The van der Waals surface area contributed by atoms with Crippen LogP contribution in [0.2, 0.25) is 0 Å². The number of aromatic nitrogens is 3. The topological polar surface area (TPSA) is 56.2 Å². The molecule has 2 aromatic heterocycles. The van der Waals surface area contributed by atoms with Crippen molar-refractivity contribution < 1.29 is 0 Å². The summed E-state index contributed by atoms with van der Waals surface area (Å²) in [6, 6.07) is 0. The highest BCUT2D eigenvalue weighted by atomic mass is 15.1. The minimum absolute atomic E-state index is 0.112. The summed E-state index contributed by atoms with van der Waals surface area (Å²) in [5, 5.41) is 0. The zero-order valence-electron chi connectivity index (χ0n) is 8.07. The van der Waals surface area contributed by atoms with Crippen LogP contribution < -0.4 is 5.73 Å². The molecule has 0 unspecified atom stereocenters. The van der Waals surface area contributed by atoms with Gasteiger partial charge >= 0.3 is 0 Å². The van der Waals surface area contributed by atoms with Crippen molar-refractivity contribution in [1.82, 2.24) is 14.4 Å². The molecule has 14 heavy (non-hydrogen) atoms. The molecule has 1 saturated carbocycles. The van der Waals surface area contributed by atoms with E-state index in [1.807, 2.05) is 29.9 Å². The molecule has 0 aromatic carbocycles. The fraction of sp³-hybridized carbons (Fsp3) is 0.400. The molecule has 3 rings (SSSR count). The summed E-state index contributed by atoms with van der Waals surface area (Å²) >= 11 is 0. The van der Waals surface area contributed by atoms with Crippen molar-refractivity contribution in [3.05, 3.63) is 29.8 Å². The molecule has 1 aliphatic carbocycles. The van der Waals surface area contributed by atoms with Gasteiger partial charge in [-0.2, -0.15) is 0 Å². The van der Waals surface area contributed by atoms with Crippen LogP contribution in [-0.4, -0.2) is 14.4 Å². The highest BCUT2D eigenvalue weighted by molar-refractivity contribution is 5.35. The molecule has 0 saturated heterocycles. The highest BCUT2D eigenvalue weighted by Gasteiger charge is 2.40. The van der Waals surface area contributed by atoms with Crippen LogP contribution in [0.15, 0.2) is 18.6 Å². The lowest BCUT2D eigenvalue weighted by Crippen LogP contribution is -2.19. The minimum atomic E-state index is -0.112. The van der Waals surface area contributed by atoms with Gasteiger partial charge in [-0.25, -0.2) is 9.97 Å². The summed E-state index contributed by atoms with van der Waals surface area (Å²) in [6.07, 6.45) is 7.98. The molecule has 1 fully saturated rings. The van der Waals surface area contributed by atoms with E-state index < -0.39 is 0 Å². The van der Waals surface area contributed by atoms with Gasteiger partial charge in [0.25, 0.3) is 0 Å². The quantitative estimate of drug-likeness (QED) is 0.726. The fourth-order valence-corrected chi connectivity index (χ4v) is 1.68. The van der Waals surface area contributed by atoms with Crippen molar-refractivity contribution in [2.45, 2.75) is 25.3 Å². The second-order valence-electron chi connectivity index (χ2n) is 4.09. The van der Waals surface area contributed by atoms with Crippen LogP contribution in [0, 0.1) is 6.92 Å². The lowest BCUT2D eigenvalue weighted by molar-refractivity contribution is 0.726. The van der Waals surface area contributed by atoms with Crippen LogP contribution in [0.25, 0.3) is 5.78 Å². The van der Waals surface area contributed by atoms with Crippen molar-refractivity contribution in [3.63, 3.8) is 0 Å². The van der Waals surface area contributed by atoms with E-state index in [1.54, 1.807) is 0 Å². The summed E-state index contributed by atoms with van der Waals surface area (Å²) in [5.41, 5.74) is 8.08. The Hall–Kier alpha value is -1.42. The van der Waals surface area contributed by atoms with Crippen molar-refractivity contribution >= 4 is 5.78 Å². The van der Waals surface area contributed by atoms with E-state index in [0.29, 0.717) is 0 Å². The second-order valence-corrected chi connectivity index (χ2v) is 4.09. The van der Waals surface area contributed by atoms with Crippen LogP contribution in [-0.2, 0) is 5.54 Å². The first-order chi connectivity index (χ1) is 6.67. The van der Waals surface area contributed by atoms with Gasteiger partial charge < -0.3 is 5.73 Å². The van der Waals surface area contributed by atoms with Crippen LogP contribution in [0.1, 0.15) is 24.1 Å². The molecule has 2 heterocycles. The van der Waals surface area contributed by atoms with Crippen molar-refractivity contribution in [2.75, 3.05) is 0 Å². The third-order valence-corrected chi connectivity index (χ3v) is 2.79. The molecule has 1 aliphatic rings. The van der Waals surface area contributed by atoms with Gasteiger partial charge in [0.1, 0.15) is 0 Å². The van der Waals surface area contributed by atoms with Gasteiger partial charge in [-0.3, -0.25) is 4.40 Å². The van der Waals surface area contributed by atoms with E-state index in [0.717, 1.165) is 29.9 Å². The average molecular weight is 188 g/mol. The van der Waals surface area contributed by atoms with E-state index in [4.69, 9.17) is 5.73 Å². The standard InChI is InChI=1S/C10H12N4/c1-7-5-14-6-8(10(11)2-3-10)4-12-9(14)13-7/h4-6H,2-3,11H2,1H3. The molecule has 0 atom stereocenters. The summed E-state index contributed by atoms with van der Waals surface area (Å²) in [4.78, 5) is 8.55. The zero-order chi connectivity index (χ0) is 9.76. The maximum absolute atomic E-state index is 6.09. The summed E-state index contributed by atoms with van der Waals surface area (Å²) in [7, 11) is 0. The summed E-state index contributed by atoms with van der Waals surface area (Å²) in [6.45, 7) is 1.96. The van der Waals surface area contributed by atoms with Gasteiger partial charge in [-0.1, -0.05) is 0 Å². The van der Waals surface area contributed by atoms with Gasteiger partial charge in [-0.15, -0.1) is 0 Å². The zero-order valence-corrected chi connectivity index (χ0v) is 8.07. The lowest BCUT2D eigenvalue weighted by atomic mass is 10.1. The maximum atomic E-state index is 6.09. The Morgan fingerprint density at radius 1 is 1.43 bits per heavy atom. The number of imidazole rings is 1. The lowest BCUT2D eigenvalue weighted by Gasteiger charge is -2.07. The molecule has 0 bridgehead atoms. The first kappa shape index (κ1) is 7.94. The largest absolute Gasteiger partial charge is 0.321 e. The molecule has 72 valence electrons. The van der Waals surface area contributed by atoms with Crippen LogP contribution in [0.3, 0.4) is 0 Å². The summed E-state index contributed by atoms with van der Waals surface area (Å²) in [5.74, 6) is 0.746. The SMILES string of the molecule is Cc1cn2cc(C3(N)CC3)cnc2n1. The van der Waals surface area contributed by atoms with E-state index in [-0.39, 0.29) is 5.54 Å². The number of aryl methyl sites for hydroxylation is 1. The van der Waals surface area contributed by atoms with E-state index in [2.05, 4.69) is 9.97 Å². The molecular weight excluding hydrogens is 176 g/mol.